The second-order valence-corrected chi connectivity index (χ2v) is 5.58. The normalized spacial score (nSPS) is 11.2. The summed E-state index contributed by atoms with van der Waals surface area (Å²) in [4.78, 5) is 13.4. The number of hydrogen-bond donors (Lipinski definition) is 2. The number of anilines is 2. The van der Waals surface area contributed by atoms with E-state index in [1.807, 2.05) is 31.2 Å². The van der Waals surface area contributed by atoms with E-state index in [-0.39, 0.29) is 5.54 Å². The summed E-state index contributed by atoms with van der Waals surface area (Å²) in [6, 6.07) is 7.71. The molecule has 2 rings (SSSR count). The quantitative estimate of drug-likeness (QED) is 0.894. The van der Waals surface area contributed by atoms with E-state index in [1.54, 1.807) is 6.20 Å². The maximum atomic E-state index is 4.55. The lowest BCUT2D eigenvalue weighted by Gasteiger charge is -2.21. The summed E-state index contributed by atoms with van der Waals surface area (Å²) in [5, 5.41) is 6.53. The van der Waals surface area contributed by atoms with Crippen LogP contribution in [0.3, 0.4) is 0 Å². The van der Waals surface area contributed by atoms with Crippen molar-refractivity contribution >= 4 is 11.8 Å². The second kappa shape index (κ2) is 5.86. The molecule has 2 aromatic heterocycles. The average molecular weight is 271 g/mol. The first-order chi connectivity index (χ1) is 9.48. The van der Waals surface area contributed by atoms with Gasteiger partial charge in [0.05, 0.1) is 11.4 Å². The van der Waals surface area contributed by atoms with Gasteiger partial charge < -0.3 is 10.6 Å². The fraction of sp³-hybridized carbons (Fsp3) is 0.400. The molecule has 0 bridgehead atoms. The monoisotopic (exact) mass is 271 g/mol. The minimum absolute atomic E-state index is 0.0910. The largest absolute Gasteiger partial charge is 0.370 e. The van der Waals surface area contributed by atoms with Gasteiger partial charge in [0, 0.05) is 24.3 Å². The Hall–Kier alpha value is -2.17. The number of nitrogens with zero attached hydrogens (tertiary/aromatic N) is 3. The summed E-state index contributed by atoms with van der Waals surface area (Å²) in [7, 11) is 0. The van der Waals surface area contributed by atoms with E-state index >= 15 is 0 Å². The topological polar surface area (TPSA) is 62.7 Å². The zero-order chi connectivity index (χ0) is 14.6. The van der Waals surface area contributed by atoms with E-state index in [0.717, 1.165) is 23.8 Å². The molecule has 2 aromatic rings. The molecule has 0 saturated carbocycles. The lowest BCUT2D eigenvalue weighted by atomic mass is 10.1. The zero-order valence-corrected chi connectivity index (χ0v) is 12.4. The van der Waals surface area contributed by atoms with Crippen molar-refractivity contribution in [2.45, 2.75) is 33.2 Å². The van der Waals surface area contributed by atoms with Crippen LogP contribution >= 0.6 is 0 Å². The highest BCUT2D eigenvalue weighted by Crippen LogP contribution is 2.21. The highest BCUT2D eigenvalue weighted by atomic mass is 15.2. The van der Waals surface area contributed by atoms with Gasteiger partial charge in [0.15, 0.2) is 0 Å². The van der Waals surface area contributed by atoms with Crippen molar-refractivity contribution in [3.8, 4) is 11.4 Å². The van der Waals surface area contributed by atoms with Crippen LogP contribution < -0.4 is 10.6 Å². The van der Waals surface area contributed by atoms with E-state index in [4.69, 9.17) is 0 Å². The van der Waals surface area contributed by atoms with E-state index in [2.05, 4.69) is 46.4 Å². The Bertz CT molecular complexity index is 560. The van der Waals surface area contributed by atoms with Crippen molar-refractivity contribution < 1.29 is 0 Å². The molecule has 0 aliphatic heterocycles. The van der Waals surface area contributed by atoms with Crippen molar-refractivity contribution in [1.82, 2.24) is 15.0 Å². The number of nitrogens with one attached hydrogen (secondary N) is 2. The Morgan fingerprint density at radius 1 is 1.10 bits per heavy atom. The molecule has 0 amide bonds. The number of rotatable bonds is 4. The van der Waals surface area contributed by atoms with E-state index in [0.29, 0.717) is 5.95 Å². The predicted molar refractivity (Wildman–Crippen MR) is 82.8 cm³/mol. The molecule has 0 aromatic carbocycles. The maximum Gasteiger partial charge on any atom is 0.225 e. The molecule has 5 heteroatoms. The van der Waals surface area contributed by atoms with Gasteiger partial charge in [-0.25, -0.2) is 4.98 Å². The van der Waals surface area contributed by atoms with E-state index in [9.17, 15) is 0 Å². The van der Waals surface area contributed by atoms with Gasteiger partial charge in [-0.15, -0.1) is 0 Å². The number of pyridine rings is 1. The highest BCUT2D eigenvalue weighted by molar-refractivity contribution is 5.61. The molecule has 20 heavy (non-hydrogen) atoms. The number of hydrogen-bond acceptors (Lipinski definition) is 5. The van der Waals surface area contributed by atoms with Crippen LogP contribution in [-0.4, -0.2) is 27.0 Å². The Morgan fingerprint density at radius 2 is 1.90 bits per heavy atom. The standard InChI is InChI=1S/C15H21N5/c1-5-16-13-10-12(11-8-6-7-9-17-11)18-14(19-13)20-15(2,3)4/h6-10H,5H2,1-4H3,(H2,16,18,19,20). The molecule has 0 spiro atoms. The molecule has 106 valence electrons. The highest BCUT2D eigenvalue weighted by Gasteiger charge is 2.13. The van der Waals surface area contributed by atoms with Crippen molar-refractivity contribution in [2.75, 3.05) is 17.2 Å². The van der Waals surface area contributed by atoms with Crippen LogP contribution in [-0.2, 0) is 0 Å². The van der Waals surface area contributed by atoms with E-state index < -0.39 is 0 Å². The Morgan fingerprint density at radius 3 is 2.50 bits per heavy atom. The first kappa shape index (κ1) is 14.2. The Labute approximate surface area is 119 Å². The molecule has 0 fully saturated rings. The first-order valence-electron chi connectivity index (χ1n) is 6.80. The van der Waals surface area contributed by atoms with Crippen molar-refractivity contribution in [3.05, 3.63) is 30.5 Å². The molecular formula is C15H21N5. The van der Waals surface area contributed by atoms with Crippen molar-refractivity contribution in [1.29, 1.82) is 0 Å². The minimum Gasteiger partial charge on any atom is -0.370 e. The Kier molecular flexibility index (Phi) is 4.17. The molecule has 0 aliphatic carbocycles. The summed E-state index contributed by atoms with van der Waals surface area (Å²) < 4.78 is 0. The molecule has 0 saturated heterocycles. The van der Waals surface area contributed by atoms with Gasteiger partial charge in [-0.2, -0.15) is 4.98 Å². The smallest absolute Gasteiger partial charge is 0.225 e. The van der Waals surface area contributed by atoms with Gasteiger partial charge in [0.25, 0.3) is 0 Å². The summed E-state index contributed by atoms with van der Waals surface area (Å²) in [5.41, 5.74) is 1.56. The summed E-state index contributed by atoms with van der Waals surface area (Å²) in [6.07, 6.45) is 1.77. The van der Waals surface area contributed by atoms with Gasteiger partial charge in [-0.3, -0.25) is 4.98 Å². The molecular weight excluding hydrogens is 250 g/mol. The van der Waals surface area contributed by atoms with Crippen LogP contribution in [0.4, 0.5) is 11.8 Å². The molecule has 0 unspecified atom stereocenters. The molecule has 0 aliphatic rings. The Balaban J connectivity index is 2.41. The zero-order valence-electron chi connectivity index (χ0n) is 12.4. The lowest BCUT2D eigenvalue weighted by Crippen LogP contribution is -2.27. The summed E-state index contributed by atoms with van der Waals surface area (Å²) in [5.74, 6) is 1.41. The van der Waals surface area contributed by atoms with Crippen LogP contribution in [0.1, 0.15) is 27.7 Å². The minimum atomic E-state index is -0.0910. The van der Waals surface area contributed by atoms with Crippen LogP contribution in [0.2, 0.25) is 0 Å². The van der Waals surface area contributed by atoms with Crippen molar-refractivity contribution in [3.63, 3.8) is 0 Å². The molecule has 5 nitrogen and oxygen atoms in total. The van der Waals surface area contributed by atoms with Crippen LogP contribution in [0, 0.1) is 0 Å². The van der Waals surface area contributed by atoms with Crippen LogP contribution in [0.25, 0.3) is 11.4 Å². The third-order valence-corrected chi connectivity index (χ3v) is 2.50. The van der Waals surface area contributed by atoms with Gasteiger partial charge in [-0.05, 0) is 39.8 Å². The van der Waals surface area contributed by atoms with Crippen LogP contribution in [0.15, 0.2) is 30.5 Å². The fourth-order valence-corrected chi connectivity index (χ4v) is 1.76. The third-order valence-electron chi connectivity index (χ3n) is 2.50. The van der Waals surface area contributed by atoms with Gasteiger partial charge in [-0.1, -0.05) is 6.07 Å². The summed E-state index contributed by atoms with van der Waals surface area (Å²) in [6.45, 7) is 9.09. The average Bonchev–Trinajstić information content (AvgIpc) is 2.38. The third kappa shape index (κ3) is 3.91. The number of aromatic nitrogens is 3. The molecule has 0 atom stereocenters. The SMILES string of the molecule is CCNc1cc(-c2ccccn2)nc(NC(C)(C)C)n1. The van der Waals surface area contributed by atoms with Gasteiger partial charge in [0.2, 0.25) is 5.95 Å². The lowest BCUT2D eigenvalue weighted by molar-refractivity contribution is 0.626. The van der Waals surface area contributed by atoms with Gasteiger partial charge in [0.1, 0.15) is 5.82 Å². The van der Waals surface area contributed by atoms with E-state index in [1.165, 1.54) is 0 Å². The second-order valence-electron chi connectivity index (χ2n) is 5.58. The summed E-state index contributed by atoms with van der Waals surface area (Å²) >= 11 is 0. The molecule has 2 heterocycles. The molecule has 2 N–H and O–H groups in total. The fourth-order valence-electron chi connectivity index (χ4n) is 1.76. The first-order valence-corrected chi connectivity index (χ1v) is 6.80. The van der Waals surface area contributed by atoms with Crippen molar-refractivity contribution in [2.24, 2.45) is 0 Å². The van der Waals surface area contributed by atoms with Crippen LogP contribution in [0.5, 0.6) is 0 Å². The van der Waals surface area contributed by atoms with Gasteiger partial charge >= 0.3 is 0 Å². The maximum absolute atomic E-state index is 4.55. The predicted octanol–water partition coefficient (Wildman–Crippen LogP) is 3.18. The molecule has 0 radical (unpaired) electrons.